The number of rotatable bonds is 8. The van der Waals surface area contributed by atoms with E-state index in [1.54, 1.807) is 6.92 Å². The summed E-state index contributed by atoms with van der Waals surface area (Å²) in [6.45, 7) is 3.95. The average molecular weight is 229 g/mol. The van der Waals surface area contributed by atoms with Crippen LogP contribution in [0, 0.1) is 0 Å². The Kier molecular flexibility index (Phi) is 8.15. The normalized spacial score (nSPS) is 11.1. The summed E-state index contributed by atoms with van der Waals surface area (Å²) >= 11 is 0. The molecule has 0 saturated carbocycles. The number of nitrogens with one attached hydrogen (secondary N) is 1. The summed E-state index contributed by atoms with van der Waals surface area (Å²) in [5, 5.41) is 0. The van der Waals surface area contributed by atoms with Crippen LogP contribution in [0.2, 0.25) is 0 Å². The predicted molar refractivity (Wildman–Crippen MR) is 59.4 cm³/mol. The van der Waals surface area contributed by atoms with Gasteiger partial charge in [0.05, 0.1) is 13.7 Å². The summed E-state index contributed by atoms with van der Waals surface area (Å²) in [5.74, 6) is -0.705. The maximum Gasteiger partial charge on any atom is 0.356 e. The van der Waals surface area contributed by atoms with Crippen molar-refractivity contribution in [2.24, 2.45) is 0 Å². The van der Waals surface area contributed by atoms with Crippen molar-refractivity contribution < 1.29 is 19.2 Å². The smallest absolute Gasteiger partial charge is 0.356 e. The van der Waals surface area contributed by atoms with Crippen molar-refractivity contribution in [1.82, 2.24) is 5.48 Å². The van der Waals surface area contributed by atoms with E-state index in [0.717, 1.165) is 12.8 Å². The van der Waals surface area contributed by atoms with E-state index in [4.69, 9.17) is 4.74 Å². The molecular weight excluding hydrogens is 210 g/mol. The van der Waals surface area contributed by atoms with Gasteiger partial charge in [0, 0.05) is 12.5 Å². The third-order valence-corrected chi connectivity index (χ3v) is 1.79. The number of hydroxylamine groups is 1. The van der Waals surface area contributed by atoms with Crippen molar-refractivity contribution in [1.29, 1.82) is 0 Å². The lowest BCUT2D eigenvalue weighted by Crippen LogP contribution is -2.22. The Morgan fingerprint density at radius 2 is 2.00 bits per heavy atom. The van der Waals surface area contributed by atoms with Crippen LogP contribution < -0.4 is 5.48 Å². The third-order valence-electron chi connectivity index (χ3n) is 1.79. The van der Waals surface area contributed by atoms with Crippen molar-refractivity contribution in [3.8, 4) is 0 Å². The molecule has 0 aliphatic rings. The summed E-state index contributed by atoms with van der Waals surface area (Å²) in [7, 11) is 1.36. The van der Waals surface area contributed by atoms with E-state index >= 15 is 0 Å². The summed E-state index contributed by atoms with van der Waals surface area (Å²) in [6, 6.07) is 0. The Morgan fingerprint density at radius 3 is 2.50 bits per heavy atom. The summed E-state index contributed by atoms with van der Waals surface area (Å²) in [6.07, 6.45) is 3.38. The number of ketones is 1. The van der Waals surface area contributed by atoms with Crippen molar-refractivity contribution >= 4 is 11.8 Å². The highest BCUT2D eigenvalue weighted by atomic mass is 16.6. The van der Waals surface area contributed by atoms with Gasteiger partial charge >= 0.3 is 5.97 Å². The number of ether oxygens (including phenoxy) is 1. The topological polar surface area (TPSA) is 64.6 Å². The van der Waals surface area contributed by atoms with Gasteiger partial charge in [-0.3, -0.25) is 15.1 Å². The Morgan fingerprint density at radius 1 is 1.31 bits per heavy atom. The molecule has 1 N–H and O–H groups in total. The summed E-state index contributed by atoms with van der Waals surface area (Å²) in [5.41, 5.74) is 2.37. The van der Waals surface area contributed by atoms with Crippen molar-refractivity contribution in [2.45, 2.75) is 33.1 Å². The minimum Gasteiger partial charge on any atom is -0.461 e. The Bertz CT molecular complexity index is 261. The zero-order valence-corrected chi connectivity index (χ0v) is 10.0. The monoisotopic (exact) mass is 229 g/mol. The van der Waals surface area contributed by atoms with Crippen LogP contribution >= 0.6 is 0 Å². The lowest BCUT2D eigenvalue weighted by Gasteiger charge is -2.07. The standard InChI is InChI=1S/C11H19NO4/c1-4-6-7-9(13)8-10(12-15-3)11(14)16-5-2/h8,12H,4-7H2,1-3H3. The second-order valence-electron chi connectivity index (χ2n) is 3.15. The van der Waals surface area contributed by atoms with Crippen molar-refractivity contribution in [2.75, 3.05) is 13.7 Å². The first-order valence-electron chi connectivity index (χ1n) is 5.36. The van der Waals surface area contributed by atoms with Gasteiger partial charge in [-0.25, -0.2) is 4.79 Å². The second kappa shape index (κ2) is 8.91. The van der Waals surface area contributed by atoms with Crippen LogP contribution in [0.3, 0.4) is 0 Å². The van der Waals surface area contributed by atoms with Gasteiger partial charge < -0.3 is 4.74 Å². The van der Waals surface area contributed by atoms with Crippen LogP contribution in [-0.4, -0.2) is 25.5 Å². The van der Waals surface area contributed by atoms with Crippen LogP contribution in [0.1, 0.15) is 33.1 Å². The van der Waals surface area contributed by atoms with E-state index in [1.807, 2.05) is 6.92 Å². The molecule has 0 aromatic carbocycles. The molecule has 5 nitrogen and oxygen atoms in total. The Hall–Kier alpha value is -1.36. The highest BCUT2D eigenvalue weighted by Gasteiger charge is 2.12. The first-order valence-corrected chi connectivity index (χ1v) is 5.36. The molecule has 0 aliphatic carbocycles. The fourth-order valence-corrected chi connectivity index (χ4v) is 1.03. The van der Waals surface area contributed by atoms with Crippen LogP contribution in [0.15, 0.2) is 11.8 Å². The van der Waals surface area contributed by atoms with Crippen LogP contribution in [-0.2, 0) is 19.2 Å². The predicted octanol–water partition coefficient (Wildman–Crippen LogP) is 1.34. The van der Waals surface area contributed by atoms with Gasteiger partial charge in [0.2, 0.25) is 0 Å². The van der Waals surface area contributed by atoms with Gasteiger partial charge in [-0.15, -0.1) is 0 Å². The molecule has 0 unspecified atom stereocenters. The van der Waals surface area contributed by atoms with Gasteiger partial charge in [0.25, 0.3) is 0 Å². The van der Waals surface area contributed by atoms with Gasteiger partial charge in [0.1, 0.15) is 5.70 Å². The minimum atomic E-state index is -0.589. The molecule has 0 radical (unpaired) electrons. The van der Waals surface area contributed by atoms with Crippen LogP contribution in [0.5, 0.6) is 0 Å². The van der Waals surface area contributed by atoms with Gasteiger partial charge in [-0.2, -0.15) is 0 Å². The molecule has 5 heteroatoms. The molecule has 0 aliphatic heterocycles. The molecule has 0 spiro atoms. The lowest BCUT2D eigenvalue weighted by atomic mass is 10.1. The maximum absolute atomic E-state index is 11.4. The highest BCUT2D eigenvalue weighted by Crippen LogP contribution is 2.00. The van der Waals surface area contributed by atoms with Crippen LogP contribution in [0.25, 0.3) is 0 Å². The average Bonchev–Trinajstić information content (AvgIpc) is 2.26. The van der Waals surface area contributed by atoms with Gasteiger partial charge in [-0.05, 0) is 13.3 Å². The molecule has 0 aromatic rings. The number of hydrogen-bond acceptors (Lipinski definition) is 5. The summed E-state index contributed by atoms with van der Waals surface area (Å²) in [4.78, 5) is 27.4. The quantitative estimate of drug-likeness (QED) is 0.386. The molecule has 0 saturated heterocycles. The molecule has 0 aromatic heterocycles. The second-order valence-corrected chi connectivity index (χ2v) is 3.15. The molecule has 92 valence electrons. The number of carbonyl (C=O) groups excluding carboxylic acids is 2. The highest BCUT2D eigenvalue weighted by molar-refractivity contribution is 5.98. The van der Waals surface area contributed by atoms with E-state index in [-0.39, 0.29) is 18.1 Å². The molecular formula is C11H19NO4. The molecule has 0 heterocycles. The zero-order valence-electron chi connectivity index (χ0n) is 10.0. The fourth-order valence-electron chi connectivity index (χ4n) is 1.03. The van der Waals surface area contributed by atoms with E-state index in [2.05, 4.69) is 10.3 Å². The van der Waals surface area contributed by atoms with E-state index < -0.39 is 5.97 Å². The van der Waals surface area contributed by atoms with E-state index in [0.29, 0.717) is 6.42 Å². The molecule has 0 atom stereocenters. The molecule has 0 bridgehead atoms. The van der Waals surface area contributed by atoms with E-state index in [1.165, 1.54) is 13.2 Å². The Balaban J connectivity index is 4.43. The molecule has 0 rings (SSSR count). The lowest BCUT2D eigenvalue weighted by molar-refractivity contribution is -0.140. The largest absolute Gasteiger partial charge is 0.461 e. The number of carbonyl (C=O) groups is 2. The SMILES string of the molecule is CCCCC(=O)C=C(NOC)C(=O)OCC. The third kappa shape index (κ3) is 6.19. The first kappa shape index (κ1) is 14.6. The maximum atomic E-state index is 11.4. The number of hydrogen-bond donors (Lipinski definition) is 1. The van der Waals surface area contributed by atoms with E-state index in [9.17, 15) is 9.59 Å². The number of esters is 1. The fraction of sp³-hybridized carbons (Fsp3) is 0.636. The van der Waals surface area contributed by atoms with Crippen molar-refractivity contribution in [3.63, 3.8) is 0 Å². The van der Waals surface area contributed by atoms with Gasteiger partial charge in [0.15, 0.2) is 5.78 Å². The number of allylic oxidation sites excluding steroid dienone is 1. The van der Waals surface area contributed by atoms with Crippen molar-refractivity contribution in [3.05, 3.63) is 11.8 Å². The zero-order chi connectivity index (χ0) is 12.4. The number of unbranched alkanes of at least 4 members (excludes halogenated alkanes) is 1. The van der Waals surface area contributed by atoms with Gasteiger partial charge in [-0.1, -0.05) is 13.3 Å². The van der Waals surface area contributed by atoms with Crippen LogP contribution in [0.4, 0.5) is 0 Å². The first-order chi connectivity index (χ1) is 7.65. The molecule has 16 heavy (non-hydrogen) atoms. The summed E-state index contributed by atoms with van der Waals surface area (Å²) < 4.78 is 4.76. The molecule has 0 fully saturated rings. The molecule has 0 amide bonds. The Labute approximate surface area is 95.8 Å². The minimum absolute atomic E-state index is 0.0328.